The van der Waals surface area contributed by atoms with Gasteiger partial charge in [-0.05, 0) is 31.0 Å². The minimum Gasteiger partial charge on any atom is -0.365 e. The van der Waals surface area contributed by atoms with Gasteiger partial charge in [-0.15, -0.1) is 12.4 Å². The molecule has 1 aliphatic heterocycles. The van der Waals surface area contributed by atoms with Crippen LogP contribution < -0.4 is 21.7 Å². The number of carbonyl (C=O) groups is 1. The maximum atomic E-state index is 12.0. The van der Waals surface area contributed by atoms with Gasteiger partial charge in [-0.3, -0.25) is 4.79 Å². The van der Waals surface area contributed by atoms with Crippen LogP contribution in [0.2, 0.25) is 0 Å². The summed E-state index contributed by atoms with van der Waals surface area (Å²) in [6.45, 7) is 1.22. The molecular formula is C18H25ClN6O5S2. The minimum atomic E-state index is -3.71. The van der Waals surface area contributed by atoms with Crippen LogP contribution in [-0.2, 0) is 19.7 Å². The molecule has 0 radical (unpaired) electrons. The molecule has 1 aromatic heterocycles. The quantitative estimate of drug-likeness (QED) is 0.500. The first kappa shape index (κ1) is 25.8. The Bertz CT molecular complexity index is 1190. The number of hydrogen-bond donors (Lipinski definition) is 3. The zero-order chi connectivity index (χ0) is 23.0. The van der Waals surface area contributed by atoms with E-state index in [2.05, 4.69) is 15.3 Å². The molecule has 1 aromatic carbocycles. The molecule has 1 atom stereocenters. The molecule has 2 heterocycles. The predicted octanol–water partition coefficient (Wildman–Crippen LogP) is 0.475. The van der Waals surface area contributed by atoms with Gasteiger partial charge in [-0.2, -0.15) is 4.98 Å². The van der Waals surface area contributed by atoms with E-state index in [0.29, 0.717) is 19.0 Å². The van der Waals surface area contributed by atoms with Gasteiger partial charge in [-0.25, -0.2) is 21.8 Å². The Labute approximate surface area is 192 Å². The lowest BCUT2D eigenvalue weighted by molar-refractivity contribution is 0.100. The van der Waals surface area contributed by atoms with Gasteiger partial charge in [-0.1, -0.05) is 0 Å². The summed E-state index contributed by atoms with van der Waals surface area (Å²) in [5.41, 5.74) is 11.5. The molecular weight excluding hydrogens is 480 g/mol. The SMILES string of the molecule is CS(=O)(=O)c1cc(Nc2nc(N3CCC[C@H](N)C3)ncc2C(N)=O)cc(S(C)(=O)=O)c1.Cl. The van der Waals surface area contributed by atoms with Crippen molar-refractivity contribution in [3.05, 3.63) is 30.0 Å². The highest BCUT2D eigenvalue weighted by molar-refractivity contribution is 7.91. The Kier molecular flexibility index (Phi) is 7.71. The molecule has 3 rings (SSSR count). The minimum absolute atomic E-state index is 0. The van der Waals surface area contributed by atoms with Crippen LogP contribution in [0.3, 0.4) is 0 Å². The molecule has 32 heavy (non-hydrogen) atoms. The average molecular weight is 505 g/mol. The van der Waals surface area contributed by atoms with Crippen LogP contribution in [0.4, 0.5) is 17.5 Å². The van der Waals surface area contributed by atoms with Crippen LogP contribution in [0.25, 0.3) is 0 Å². The largest absolute Gasteiger partial charge is 0.365 e. The normalized spacial score (nSPS) is 16.8. The number of hydrogen-bond acceptors (Lipinski definition) is 10. The van der Waals surface area contributed by atoms with Crippen molar-refractivity contribution >= 4 is 55.4 Å². The van der Waals surface area contributed by atoms with Crippen molar-refractivity contribution < 1.29 is 21.6 Å². The van der Waals surface area contributed by atoms with E-state index in [-0.39, 0.29) is 45.3 Å². The zero-order valence-electron chi connectivity index (χ0n) is 17.5. The van der Waals surface area contributed by atoms with Crippen LogP contribution in [0.1, 0.15) is 23.2 Å². The highest BCUT2D eigenvalue weighted by Gasteiger charge is 2.22. The van der Waals surface area contributed by atoms with Gasteiger partial charge in [0.25, 0.3) is 5.91 Å². The van der Waals surface area contributed by atoms with Crippen molar-refractivity contribution in [1.82, 2.24) is 9.97 Å². The zero-order valence-corrected chi connectivity index (χ0v) is 19.9. The molecule has 1 saturated heterocycles. The van der Waals surface area contributed by atoms with Crippen molar-refractivity contribution in [1.29, 1.82) is 0 Å². The number of amides is 1. The number of halogens is 1. The van der Waals surface area contributed by atoms with E-state index in [1.54, 1.807) is 0 Å². The van der Waals surface area contributed by atoms with Crippen LogP contribution in [0.5, 0.6) is 0 Å². The number of piperidine rings is 1. The Morgan fingerprint density at radius 1 is 1.12 bits per heavy atom. The number of primary amides is 1. The van der Waals surface area contributed by atoms with Gasteiger partial charge in [0.1, 0.15) is 11.4 Å². The first-order valence-corrected chi connectivity index (χ1v) is 13.1. The number of benzene rings is 1. The average Bonchev–Trinajstić information content (AvgIpc) is 2.66. The Hall–Kier alpha value is -2.48. The molecule has 11 nitrogen and oxygen atoms in total. The van der Waals surface area contributed by atoms with Crippen molar-refractivity contribution in [3.8, 4) is 0 Å². The van der Waals surface area contributed by atoms with Gasteiger partial charge in [0, 0.05) is 43.5 Å². The second-order valence-electron chi connectivity index (χ2n) is 7.51. The van der Waals surface area contributed by atoms with E-state index in [1.807, 2.05) is 4.90 Å². The predicted molar refractivity (Wildman–Crippen MR) is 123 cm³/mol. The third-order valence-corrected chi connectivity index (χ3v) is 6.97. The number of aromatic nitrogens is 2. The monoisotopic (exact) mass is 504 g/mol. The summed E-state index contributed by atoms with van der Waals surface area (Å²) < 4.78 is 48.2. The molecule has 5 N–H and O–H groups in total. The summed E-state index contributed by atoms with van der Waals surface area (Å²) in [5.74, 6) is -0.445. The third kappa shape index (κ3) is 6.06. The fourth-order valence-corrected chi connectivity index (χ4v) is 4.64. The van der Waals surface area contributed by atoms with E-state index in [4.69, 9.17) is 11.5 Å². The Morgan fingerprint density at radius 3 is 2.22 bits per heavy atom. The molecule has 0 bridgehead atoms. The number of rotatable bonds is 6. The van der Waals surface area contributed by atoms with Crippen molar-refractivity contribution in [2.45, 2.75) is 28.7 Å². The molecule has 0 spiro atoms. The summed E-state index contributed by atoms with van der Waals surface area (Å²) in [6.07, 6.45) is 4.95. The van der Waals surface area contributed by atoms with Gasteiger partial charge in [0.05, 0.1) is 9.79 Å². The molecule has 0 aliphatic carbocycles. The summed E-state index contributed by atoms with van der Waals surface area (Å²) in [5, 5.41) is 2.83. The van der Waals surface area contributed by atoms with Crippen LogP contribution in [-0.4, -0.2) is 64.4 Å². The van der Waals surface area contributed by atoms with E-state index in [0.717, 1.165) is 31.4 Å². The maximum Gasteiger partial charge on any atom is 0.254 e. The Balaban J connectivity index is 0.00000363. The molecule has 14 heteroatoms. The van der Waals surface area contributed by atoms with Crippen molar-refractivity contribution in [2.24, 2.45) is 11.5 Å². The first-order chi connectivity index (χ1) is 14.3. The molecule has 0 unspecified atom stereocenters. The van der Waals surface area contributed by atoms with Crippen molar-refractivity contribution in [3.63, 3.8) is 0 Å². The topological polar surface area (TPSA) is 178 Å². The number of sulfone groups is 2. The number of nitrogens with one attached hydrogen (secondary N) is 1. The molecule has 1 amide bonds. The standard InChI is InChI=1S/C18H24N6O5S2.ClH/c1-30(26,27)13-6-12(7-14(8-13)31(2,28)29)22-17-15(16(20)25)9-21-18(23-17)24-5-3-4-11(19)10-24;/h6-9,11H,3-5,10,19H2,1-2H3,(H2,20,25)(H,21,22,23);1H/t11-;/m0./s1. The van der Waals surface area contributed by atoms with Gasteiger partial charge in [0.2, 0.25) is 5.95 Å². The van der Waals surface area contributed by atoms with Gasteiger partial charge in [0.15, 0.2) is 19.7 Å². The Morgan fingerprint density at radius 2 is 1.72 bits per heavy atom. The molecule has 1 fully saturated rings. The highest BCUT2D eigenvalue weighted by Crippen LogP contribution is 2.27. The second kappa shape index (κ2) is 9.57. The van der Waals surface area contributed by atoms with E-state index in [9.17, 15) is 21.6 Å². The number of nitrogens with zero attached hydrogens (tertiary/aromatic N) is 3. The lowest BCUT2D eigenvalue weighted by Crippen LogP contribution is -2.43. The molecule has 176 valence electrons. The lowest BCUT2D eigenvalue weighted by Gasteiger charge is -2.31. The molecule has 2 aromatic rings. The fourth-order valence-electron chi connectivity index (χ4n) is 3.20. The maximum absolute atomic E-state index is 12.0. The van der Waals surface area contributed by atoms with Crippen LogP contribution in [0.15, 0.2) is 34.2 Å². The fraction of sp³-hybridized carbons (Fsp3) is 0.389. The van der Waals surface area contributed by atoms with Gasteiger partial charge >= 0.3 is 0 Å². The first-order valence-electron chi connectivity index (χ1n) is 9.34. The molecule has 1 aliphatic rings. The third-order valence-electron chi connectivity index (χ3n) is 4.78. The molecule has 0 saturated carbocycles. The van der Waals surface area contributed by atoms with E-state index >= 15 is 0 Å². The second-order valence-corrected chi connectivity index (χ2v) is 11.5. The lowest BCUT2D eigenvalue weighted by atomic mass is 10.1. The van der Waals surface area contributed by atoms with E-state index in [1.165, 1.54) is 18.3 Å². The van der Waals surface area contributed by atoms with Crippen LogP contribution in [0, 0.1) is 0 Å². The number of nitrogens with two attached hydrogens (primary N) is 2. The summed E-state index contributed by atoms with van der Waals surface area (Å²) in [4.78, 5) is 21.9. The van der Waals surface area contributed by atoms with E-state index < -0.39 is 25.6 Å². The number of anilines is 3. The smallest absolute Gasteiger partial charge is 0.254 e. The number of carbonyl (C=O) groups excluding carboxylic acids is 1. The van der Waals surface area contributed by atoms with Gasteiger partial charge < -0.3 is 21.7 Å². The van der Waals surface area contributed by atoms with Crippen molar-refractivity contribution in [2.75, 3.05) is 35.8 Å². The summed E-state index contributed by atoms with van der Waals surface area (Å²) >= 11 is 0. The summed E-state index contributed by atoms with van der Waals surface area (Å²) in [7, 11) is -7.42. The van der Waals surface area contributed by atoms with Crippen LogP contribution >= 0.6 is 12.4 Å². The summed E-state index contributed by atoms with van der Waals surface area (Å²) in [6, 6.07) is 3.56. The highest BCUT2D eigenvalue weighted by atomic mass is 35.5.